The van der Waals surface area contributed by atoms with Gasteiger partial charge in [0.25, 0.3) is 0 Å². The standard InChI is InChI=1S/C17H26N2O2/c1-18-7-9-19(10-8-18)6-3-4-14-12-16(20-2)13-15-5-11-21-17(14)15/h12-13H,3-11H2,1-2H3. The van der Waals surface area contributed by atoms with Gasteiger partial charge in [-0.3, -0.25) is 0 Å². The summed E-state index contributed by atoms with van der Waals surface area (Å²) in [5.74, 6) is 2.09. The molecule has 2 aliphatic heterocycles. The van der Waals surface area contributed by atoms with Crippen molar-refractivity contribution < 1.29 is 9.47 Å². The first-order valence-electron chi connectivity index (χ1n) is 8.00. The van der Waals surface area contributed by atoms with E-state index in [0.29, 0.717) is 0 Å². The number of benzene rings is 1. The minimum absolute atomic E-state index is 0.813. The van der Waals surface area contributed by atoms with E-state index in [1.54, 1.807) is 7.11 Å². The van der Waals surface area contributed by atoms with Crippen molar-refractivity contribution in [2.45, 2.75) is 19.3 Å². The minimum atomic E-state index is 0.813. The monoisotopic (exact) mass is 290 g/mol. The molecule has 116 valence electrons. The summed E-state index contributed by atoms with van der Waals surface area (Å²) < 4.78 is 11.2. The maximum absolute atomic E-state index is 5.81. The molecule has 1 aromatic carbocycles. The van der Waals surface area contributed by atoms with Gasteiger partial charge in [0, 0.05) is 38.2 Å². The van der Waals surface area contributed by atoms with Crippen LogP contribution >= 0.6 is 0 Å². The van der Waals surface area contributed by atoms with E-state index in [2.05, 4.69) is 29.0 Å². The maximum Gasteiger partial charge on any atom is 0.126 e. The summed E-state index contributed by atoms with van der Waals surface area (Å²) in [6.07, 6.45) is 3.27. The summed E-state index contributed by atoms with van der Waals surface area (Å²) in [5, 5.41) is 0. The molecular weight excluding hydrogens is 264 g/mol. The van der Waals surface area contributed by atoms with E-state index in [0.717, 1.165) is 30.9 Å². The molecule has 0 amide bonds. The van der Waals surface area contributed by atoms with Gasteiger partial charge in [-0.1, -0.05) is 0 Å². The fourth-order valence-corrected chi connectivity index (χ4v) is 3.22. The number of fused-ring (bicyclic) bond motifs is 1. The number of methoxy groups -OCH3 is 1. The van der Waals surface area contributed by atoms with Gasteiger partial charge in [-0.15, -0.1) is 0 Å². The van der Waals surface area contributed by atoms with Crippen molar-refractivity contribution in [3.8, 4) is 11.5 Å². The molecule has 1 aromatic rings. The highest BCUT2D eigenvalue weighted by atomic mass is 16.5. The van der Waals surface area contributed by atoms with Crippen LogP contribution in [0, 0.1) is 0 Å². The van der Waals surface area contributed by atoms with Gasteiger partial charge in [-0.25, -0.2) is 0 Å². The molecule has 4 nitrogen and oxygen atoms in total. The van der Waals surface area contributed by atoms with Gasteiger partial charge in [-0.05, 0) is 44.1 Å². The van der Waals surface area contributed by atoms with Gasteiger partial charge in [0.1, 0.15) is 11.5 Å². The van der Waals surface area contributed by atoms with E-state index >= 15 is 0 Å². The van der Waals surface area contributed by atoms with Crippen LogP contribution in [-0.4, -0.2) is 63.3 Å². The van der Waals surface area contributed by atoms with E-state index in [1.165, 1.54) is 50.3 Å². The number of ether oxygens (including phenoxy) is 2. The predicted octanol–water partition coefficient (Wildman–Crippen LogP) is 1.81. The van der Waals surface area contributed by atoms with Crippen LogP contribution in [0.15, 0.2) is 12.1 Å². The van der Waals surface area contributed by atoms with Crippen LogP contribution < -0.4 is 9.47 Å². The molecule has 0 atom stereocenters. The van der Waals surface area contributed by atoms with E-state index in [4.69, 9.17) is 9.47 Å². The Morgan fingerprint density at radius 3 is 2.76 bits per heavy atom. The van der Waals surface area contributed by atoms with Crippen LogP contribution in [0.5, 0.6) is 11.5 Å². The van der Waals surface area contributed by atoms with Crippen LogP contribution in [0.2, 0.25) is 0 Å². The summed E-state index contributed by atoms with van der Waals surface area (Å²) in [4.78, 5) is 4.97. The fraction of sp³-hybridized carbons (Fsp3) is 0.647. The number of likely N-dealkylation sites (N-methyl/N-ethyl adjacent to an activating group) is 1. The molecule has 0 radical (unpaired) electrons. The fourth-order valence-electron chi connectivity index (χ4n) is 3.22. The lowest BCUT2D eigenvalue weighted by Crippen LogP contribution is -2.44. The van der Waals surface area contributed by atoms with Crippen LogP contribution in [0.3, 0.4) is 0 Å². The maximum atomic E-state index is 5.81. The number of hydrogen-bond donors (Lipinski definition) is 0. The molecule has 0 unspecified atom stereocenters. The molecule has 0 aromatic heterocycles. The first-order valence-corrected chi connectivity index (χ1v) is 8.00. The third-order valence-electron chi connectivity index (χ3n) is 4.59. The third kappa shape index (κ3) is 3.50. The number of aryl methyl sites for hydroxylation is 1. The van der Waals surface area contributed by atoms with Crippen LogP contribution in [0.4, 0.5) is 0 Å². The van der Waals surface area contributed by atoms with Crippen molar-refractivity contribution in [2.75, 3.05) is 53.5 Å². The van der Waals surface area contributed by atoms with Gasteiger partial charge in [-0.2, -0.15) is 0 Å². The molecule has 4 heteroatoms. The Morgan fingerprint density at radius 1 is 1.19 bits per heavy atom. The first kappa shape index (κ1) is 14.7. The average Bonchev–Trinajstić information content (AvgIpc) is 2.97. The Balaban J connectivity index is 1.56. The van der Waals surface area contributed by atoms with Crippen molar-refractivity contribution in [1.29, 1.82) is 0 Å². The van der Waals surface area contributed by atoms with Gasteiger partial charge >= 0.3 is 0 Å². The highest BCUT2D eigenvalue weighted by Crippen LogP contribution is 2.34. The Hall–Kier alpha value is -1.26. The molecule has 2 heterocycles. The van der Waals surface area contributed by atoms with Crippen LogP contribution in [0.1, 0.15) is 17.5 Å². The molecule has 0 bridgehead atoms. The van der Waals surface area contributed by atoms with Crippen molar-refractivity contribution in [1.82, 2.24) is 9.80 Å². The quantitative estimate of drug-likeness (QED) is 0.826. The average molecular weight is 290 g/mol. The van der Waals surface area contributed by atoms with E-state index < -0.39 is 0 Å². The third-order valence-corrected chi connectivity index (χ3v) is 4.59. The smallest absolute Gasteiger partial charge is 0.126 e. The summed E-state index contributed by atoms with van der Waals surface area (Å²) in [6.45, 7) is 6.77. The molecule has 1 fully saturated rings. The Morgan fingerprint density at radius 2 is 2.00 bits per heavy atom. The number of piperazine rings is 1. The Kier molecular flexibility index (Phi) is 4.66. The normalized spacial score (nSPS) is 19.3. The molecule has 21 heavy (non-hydrogen) atoms. The highest BCUT2D eigenvalue weighted by Gasteiger charge is 2.19. The van der Waals surface area contributed by atoms with Gasteiger partial charge < -0.3 is 19.3 Å². The lowest BCUT2D eigenvalue weighted by Gasteiger charge is -2.32. The zero-order valence-electron chi connectivity index (χ0n) is 13.2. The minimum Gasteiger partial charge on any atom is -0.497 e. The number of rotatable bonds is 5. The summed E-state index contributed by atoms with van der Waals surface area (Å²) in [6, 6.07) is 4.26. The second-order valence-electron chi connectivity index (χ2n) is 6.12. The second kappa shape index (κ2) is 6.67. The summed E-state index contributed by atoms with van der Waals surface area (Å²) in [5.41, 5.74) is 2.62. The topological polar surface area (TPSA) is 24.9 Å². The predicted molar refractivity (Wildman–Crippen MR) is 84.5 cm³/mol. The van der Waals surface area contributed by atoms with E-state index in [-0.39, 0.29) is 0 Å². The van der Waals surface area contributed by atoms with Crippen LogP contribution in [0.25, 0.3) is 0 Å². The molecular formula is C17H26N2O2. The zero-order chi connectivity index (χ0) is 14.7. The Bertz CT molecular complexity index is 482. The zero-order valence-corrected chi connectivity index (χ0v) is 13.2. The summed E-state index contributed by atoms with van der Waals surface area (Å²) in [7, 11) is 3.94. The second-order valence-corrected chi connectivity index (χ2v) is 6.12. The largest absolute Gasteiger partial charge is 0.497 e. The molecule has 2 aliphatic rings. The molecule has 3 rings (SSSR count). The Labute approximate surface area is 127 Å². The van der Waals surface area contributed by atoms with E-state index in [9.17, 15) is 0 Å². The molecule has 0 N–H and O–H groups in total. The van der Waals surface area contributed by atoms with Crippen LogP contribution in [-0.2, 0) is 12.8 Å². The molecule has 0 aliphatic carbocycles. The van der Waals surface area contributed by atoms with Crippen molar-refractivity contribution >= 4 is 0 Å². The molecule has 0 saturated carbocycles. The number of hydrogen-bond acceptors (Lipinski definition) is 4. The number of nitrogens with zero attached hydrogens (tertiary/aromatic N) is 2. The summed E-state index contributed by atoms with van der Waals surface area (Å²) >= 11 is 0. The van der Waals surface area contributed by atoms with Crippen molar-refractivity contribution in [3.05, 3.63) is 23.3 Å². The van der Waals surface area contributed by atoms with Crippen molar-refractivity contribution in [2.24, 2.45) is 0 Å². The molecule has 0 spiro atoms. The van der Waals surface area contributed by atoms with E-state index in [1.807, 2.05) is 0 Å². The first-order chi connectivity index (χ1) is 10.3. The lowest BCUT2D eigenvalue weighted by atomic mass is 10.0. The highest BCUT2D eigenvalue weighted by molar-refractivity contribution is 5.49. The van der Waals surface area contributed by atoms with Gasteiger partial charge in [0.15, 0.2) is 0 Å². The molecule has 1 saturated heterocycles. The van der Waals surface area contributed by atoms with Gasteiger partial charge in [0.2, 0.25) is 0 Å². The van der Waals surface area contributed by atoms with Crippen molar-refractivity contribution in [3.63, 3.8) is 0 Å². The van der Waals surface area contributed by atoms with Gasteiger partial charge in [0.05, 0.1) is 13.7 Å². The lowest BCUT2D eigenvalue weighted by molar-refractivity contribution is 0.153. The SMILES string of the molecule is COc1cc(CCCN2CCN(C)CC2)c2c(c1)CCO2.